The molecule has 1 N–H and O–H groups in total. The maximum Gasteiger partial charge on any atom is 0.102 e. The lowest BCUT2D eigenvalue weighted by Gasteiger charge is -2.60. The largest absolute Gasteiger partial charge is 0.389 e. The van der Waals surface area contributed by atoms with Crippen molar-refractivity contribution in [1.82, 2.24) is 0 Å². The van der Waals surface area contributed by atoms with Gasteiger partial charge in [-0.05, 0) is 85.0 Å². The molecule has 0 heterocycles. The van der Waals surface area contributed by atoms with E-state index >= 15 is 0 Å². The number of fused-ring (bicyclic) bond motifs is 5. The fraction of sp³-hybridized carbons (Fsp3) is 0.895. The first-order valence-electron chi connectivity index (χ1n) is 9.12. The second kappa shape index (κ2) is 4.80. The molecular formula is C19H29FO2. The lowest BCUT2D eigenvalue weighted by Crippen LogP contribution is -2.59. The molecule has 3 fully saturated rings. The fourth-order valence-corrected chi connectivity index (χ4v) is 6.66. The molecule has 3 heteroatoms. The summed E-state index contributed by atoms with van der Waals surface area (Å²) in [6, 6.07) is 0. The highest BCUT2D eigenvalue weighted by Crippen LogP contribution is 2.66. The lowest BCUT2D eigenvalue weighted by molar-refractivity contribution is -0.198. The zero-order valence-electron chi connectivity index (χ0n) is 13.9. The molecule has 3 saturated carbocycles. The van der Waals surface area contributed by atoms with Crippen molar-refractivity contribution in [3.8, 4) is 0 Å². The third-order valence-corrected chi connectivity index (χ3v) is 8.17. The smallest absolute Gasteiger partial charge is 0.102 e. The molecule has 22 heavy (non-hydrogen) atoms. The van der Waals surface area contributed by atoms with Crippen molar-refractivity contribution in [1.29, 1.82) is 0 Å². The summed E-state index contributed by atoms with van der Waals surface area (Å²) in [5.41, 5.74) is 1.19. The molecule has 6 atom stereocenters. The molecule has 0 aromatic heterocycles. The molecule has 124 valence electrons. The van der Waals surface area contributed by atoms with Crippen LogP contribution in [0.3, 0.4) is 0 Å². The highest BCUT2D eigenvalue weighted by atomic mass is 19.3. The maximum atomic E-state index is 12.6. The van der Waals surface area contributed by atoms with Gasteiger partial charge >= 0.3 is 0 Å². The van der Waals surface area contributed by atoms with E-state index in [1.807, 2.05) is 0 Å². The third-order valence-electron chi connectivity index (χ3n) is 8.17. The minimum Gasteiger partial charge on any atom is -0.389 e. The van der Waals surface area contributed by atoms with Crippen molar-refractivity contribution >= 4 is 0 Å². The van der Waals surface area contributed by atoms with Crippen molar-refractivity contribution in [3.05, 3.63) is 11.6 Å². The van der Waals surface area contributed by atoms with Crippen molar-refractivity contribution in [2.45, 2.75) is 83.3 Å². The van der Waals surface area contributed by atoms with E-state index in [9.17, 15) is 9.63 Å². The van der Waals surface area contributed by atoms with E-state index in [4.69, 9.17) is 0 Å². The Kier molecular flexibility index (Phi) is 3.30. The SMILES string of the molecule is CC12CCC(OF)CC1=CCC1C2CCC2(C)CCCC12O. The molecule has 0 saturated heterocycles. The summed E-state index contributed by atoms with van der Waals surface area (Å²) in [5.74, 6) is 0.953. The number of allylic oxidation sites excluding steroid dienone is 1. The monoisotopic (exact) mass is 308 g/mol. The van der Waals surface area contributed by atoms with Crippen molar-refractivity contribution in [3.63, 3.8) is 0 Å². The number of hydrogen-bond acceptors (Lipinski definition) is 2. The third kappa shape index (κ3) is 1.78. The highest BCUT2D eigenvalue weighted by Gasteiger charge is 2.63. The van der Waals surface area contributed by atoms with E-state index in [0.29, 0.717) is 11.8 Å². The molecule has 0 spiro atoms. The quantitative estimate of drug-likeness (QED) is 0.710. The predicted octanol–water partition coefficient (Wildman–Crippen LogP) is 4.72. The first kappa shape index (κ1) is 15.1. The van der Waals surface area contributed by atoms with Gasteiger partial charge in [-0.2, -0.15) is 4.94 Å². The van der Waals surface area contributed by atoms with Crippen LogP contribution in [0, 0.1) is 22.7 Å². The summed E-state index contributed by atoms with van der Waals surface area (Å²) in [7, 11) is 0. The minimum atomic E-state index is -0.478. The summed E-state index contributed by atoms with van der Waals surface area (Å²) < 4.78 is 12.6. The normalized spacial score (nSPS) is 54.2. The van der Waals surface area contributed by atoms with Crippen LogP contribution in [-0.2, 0) is 4.94 Å². The first-order chi connectivity index (χ1) is 10.4. The summed E-state index contributed by atoms with van der Waals surface area (Å²) in [6.45, 7) is 4.68. The Morgan fingerprint density at radius 1 is 1.14 bits per heavy atom. The van der Waals surface area contributed by atoms with E-state index in [1.165, 1.54) is 24.8 Å². The van der Waals surface area contributed by atoms with Gasteiger partial charge in [0.15, 0.2) is 0 Å². The molecule has 0 radical (unpaired) electrons. The van der Waals surface area contributed by atoms with Crippen molar-refractivity contribution < 1.29 is 14.6 Å². The molecule has 4 rings (SSSR count). The van der Waals surface area contributed by atoms with Crippen LogP contribution in [0.4, 0.5) is 4.53 Å². The molecule has 0 amide bonds. The topological polar surface area (TPSA) is 29.5 Å². The number of aliphatic hydroxyl groups is 1. The van der Waals surface area contributed by atoms with Gasteiger partial charge in [0, 0.05) is 0 Å². The Hall–Kier alpha value is -0.410. The average molecular weight is 308 g/mol. The number of hydrogen-bond donors (Lipinski definition) is 1. The molecule has 0 aromatic rings. The maximum absolute atomic E-state index is 12.6. The first-order valence-corrected chi connectivity index (χ1v) is 9.12. The van der Waals surface area contributed by atoms with Crippen molar-refractivity contribution in [2.24, 2.45) is 22.7 Å². The Balaban J connectivity index is 1.69. The zero-order chi connectivity index (χ0) is 15.6. The molecule has 4 aliphatic carbocycles. The van der Waals surface area contributed by atoms with E-state index < -0.39 is 5.60 Å². The fourth-order valence-electron chi connectivity index (χ4n) is 6.66. The molecule has 4 aliphatic rings. The van der Waals surface area contributed by atoms with Gasteiger partial charge in [-0.1, -0.05) is 25.5 Å². The van der Waals surface area contributed by atoms with E-state index in [2.05, 4.69) is 24.9 Å². The summed E-state index contributed by atoms with van der Waals surface area (Å²) in [6.07, 6.45) is 11.3. The van der Waals surface area contributed by atoms with E-state index in [0.717, 1.165) is 38.5 Å². The van der Waals surface area contributed by atoms with Gasteiger partial charge in [-0.25, -0.2) is 0 Å². The Labute approximate surface area is 133 Å². The Bertz CT molecular complexity index is 504. The van der Waals surface area contributed by atoms with Gasteiger partial charge in [0.05, 0.1) is 5.60 Å². The van der Waals surface area contributed by atoms with Crippen LogP contribution >= 0.6 is 0 Å². The average Bonchev–Trinajstić information content (AvgIpc) is 2.82. The second-order valence-corrected chi connectivity index (χ2v) is 8.93. The predicted molar refractivity (Wildman–Crippen MR) is 83.8 cm³/mol. The Morgan fingerprint density at radius 3 is 2.73 bits per heavy atom. The van der Waals surface area contributed by atoms with Gasteiger partial charge in [-0.3, -0.25) is 0 Å². The van der Waals surface area contributed by atoms with Gasteiger partial charge in [0.25, 0.3) is 0 Å². The van der Waals surface area contributed by atoms with Crippen LogP contribution in [0.2, 0.25) is 0 Å². The molecular weight excluding hydrogens is 279 g/mol. The second-order valence-electron chi connectivity index (χ2n) is 8.93. The summed E-state index contributed by atoms with van der Waals surface area (Å²) in [4.78, 5) is 4.14. The van der Waals surface area contributed by atoms with E-state index in [-0.39, 0.29) is 16.9 Å². The van der Waals surface area contributed by atoms with Crippen LogP contribution in [0.15, 0.2) is 11.6 Å². The molecule has 0 bridgehead atoms. The van der Waals surface area contributed by atoms with Crippen LogP contribution in [0.25, 0.3) is 0 Å². The molecule has 6 unspecified atom stereocenters. The van der Waals surface area contributed by atoms with Crippen LogP contribution in [0.5, 0.6) is 0 Å². The van der Waals surface area contributed by atoms with Crippen LogP contribution in [0.1, 0.15) is 71.6 Å². The number of halogens is 1. The zero-order valence-corrected chi connectivity index (χ0v) is 13.9. The Morgan fingerprint density at radius 2 is 1.95 bits per heavy atom. The highest BCUT2D eigenvalue weighted by molar-refractivity contribution is 5.27. The minimum absolute atomic E-state index is 0.120. The molecule has 0 aromatic carbocycles. The van der Waals surface area contributed by atoms with E-state index in [1.54, 1.807) is 0 Å². The van der Waals surface area contributed by atoms with Crippen LogP contribution < -0.4 is 0 Å². The standard InChI is InChI=1S/C19H29FO2/c1-17-8-3-9-19(17,21)16-5-4-13-12-14(22-20)6-11-18(13,2)15(16)7-10-17/h4,14-16,21H,3,5-12H2,1-2H3. The van der Waals surface area contributed by atoms with Crippen LogP contribution in [-0.4, -0.2) is 16.8 Å². The molecule has 0 aliphatic heterocycles. The van der Waals surface area contributed by atoms with Crippen molar-refractivity contribution in [2.75, 3.05) is 0 Å². The van der Waals surface area contributed by atoms with Gasteiger partial charge in [0.1, 0.15) is 6.10 Å². The van der Waals surface area contributed by atoms with Gasteiger partial charge in [-0.15, -0.1) is 0 Å². The number of rotatable bonds is 1. The van der Waals surface area contributed by atoms with Gasteiger partial charge < -0.3 is 5.11 Å². The molecule has 2 nitrogen and oxygen atoms in total. The summed E-state index contributed by atoms with van der Waals surface area (Å²) in [5, 5.41) is 11.6. The summed E-state index contributed by atoms with van der Waals surface area (Å²) >= 11 is 0. The lowest BCUT2D eigenvalue weighted by atomic mass is 9.46. The van der Waals surface area contributed by atoms with Gasteiger partial charge in [0.2, 0.25) is 0 Å².